The Morgan fingerprint density at radius 3 is 2.70 bits per heavy atom. The maximum atomic E-state index is 13.0. The van der Waals surface area contributed by atoms with Gasteiger partial charge in [0, 0.05) is 17.0 Å². The van der Waals surface area contributed by atoms with Gasteiger partial charge in [-0.1, -0.05) is 18.2 Å². The van der Waals surface area contributed by atoms with Crippen molar-refractivity contribution < 1.29 is 14.3 Å². The molecule has 2 N–H and O–H groups in total. The molecule has 0 fully saturated rings. The second kappa shape index (κ2) is 6.95. The molecular formula is C19H18N4O3S. The van der Waals surface area contributed by atoms with Gasteiger partial charge in [0.25, 0.3) is 0 Å². The van der Waals surface area contributed by atoms with Crippen molar-refractivity contribution in [2.45, 2.75) is 32.5 Å². The number of rotatable bonds is 3. The van der Waals surface area contributed by atoms with Crippen LogP contribution in [0.4, 0.5) is 4.79 Å². The molecule has 2 aromatic heterocycles. The molecule has 0 bridgehead atoms. The summed E-state index contributed by atoms with van der Waals surface area (Å²) in [5.74, 6) is -0.332. The van der Waals surface area contributed by atoms with Crippen LogP contribution in [0.2, 0.25) is 0 Å². The van der Waals surface area contributed by atoms with Gasteiger partial charge in [-0.25, -0.2) is 16.4 Å². The molecule has 0 saturated heterocycles. The summed E-state index contributed by atoms with van der Waals surface area (Å²) >= 11 is 1.12. The molecule has 0 spiro atoms. The lowest BCUT2D eigenvalue weighted by Gasteiger charge is -2.19. The second-order valence-electron chi connectivity index (χ2n) is 6.89. The minimum Gasteiger partial charge on any atom is -0.443 e. The fourth-order valence-electron chi connectivity index (χ4n) is 2.53. The van der Waals surface area contributed by atoms with E-state index >= 15 is 0 Å². The molecule has 0 radical (unpaired) electrons. The molecule has 1 unspecified atom stereocenters. The monoisotopic (exact) mass is 382 g/mol. The standard InChI is InChI=1S/C19H18N4O3S/c1-19(2,3)26-18(25)23-9-12(11-7-5-6-8-14(11)23)15(24)17-22-13(10-27-17)16(20)21-4/h5-10,16H,20H2,1-3H3. The highest BCUT2D eigenvalue weighted by Gasteiger charge is 2.25. The predicted molar refractivity (Wildman–Crippen MR) is 103 cm³/mol. The van der Waals surface area contributed by atoms with E-state index in [1.54, 1.807) is 50.4 Å². The van der Waals surface area contributed by atoms with Gasteiger partial charge in [-0.05, 0) is 26.8 Å². The van der Waals surface area contributed by atoms with Crippen LogP contribution >= 0.6 is 11.3 Å². The Balaban J connectivity index is 2.05. The highest BCUT2D eigenvalue weighted by molar-refractivity contribution is 7.12. The molecule has 0 aliphatic heterocycles. The van der Waals surface area contributed by atoms with Gasteiger partial charge in [-0.2, -0.15) is 0 Å². The maximum absolute atomic E-state index is 13.0. The Bertz CT molecular complexity index is 1070. The quantitative estimate of drug-likeness (QED) is 0.546. The zero-order valence-corrected chi connectivity index (χ0v) is 15.9. The van der Waals surface area contributed by atoms with Crippen LogP contribution in [0.1, 0.15) is 48.0 Å². The van der Waals surface area contributed by atoms with Crippen molar-refractivity contribution in [1.29, 1.82) is 0 Å². The zero-order chi connectivity index (χ0) is 19.8. The third kappa shape index (κ3) is 3.74. The zero-order valence-electron chi connectivity index (χ0n) is 15.1. The Hall–Kier alpha value is -3.02. The van der Waals surface area contributed by atoms with Gasteiger partial charge in [0.15, 0.2) is 5.01 Å². The van der Waals surface area contributed by atoms with E-state index in [0.29, 0.717) is 22.2 Å². The first-order chi connectivity index (χ1) is 12.7. The molecule has 0 aliphatic rings. The summed E-state index contributed by atoms with van der Waals surface area (Å²) in [5.41, 5.74) is 6.26. The summed E-state index contributed by atoms with van der Waals surface area (Å²) in [4.78, 5) is 32.9. The topological polar surface area (TPSA) is 91.6 Å². The number of thiazole rings is 1. The number of carbonyl (C=O) groups is 2. The van der Waals surface area contributed by atoms with E-state index in [0.717, 1.165) is 11.3 Å². The van der Waals surface area contributed by atoms with Crippen LogP contribution in [0.15, 0.2) is 35.8 Å². The molecule has 8 heteroatoms. The average molecular weight is 382 g/mol. The molecule has 0 saturated carbocycles. The van der Waals surface area contributed by atoms with E-state index in [2.05, 4.69) is 9.83 Å². The summed E-state index contributed by atoms with van der Waals surface area (Å²) in [6.45, 7) is 12.3. The lowest BCUT2D eigenvalue weighted by atomic mass is 10.1. The van der Waals surface area contributed by atoms with Crippen molar-refractivity contribution in [3.63, 3.8) is 0 Å². The van der Waals surface area contributed by atoms with Crippen LogP contribution < -0.4 is 5.73 Å². The number of hydrogen-bond donors (Lipinski definition) is 1. The van der Waals surface area contributed by atoms with Crippen molar-refractivity contribution in [3.05, 3.63) is 63.5 Å². The van der Waals surface area contributed by atoms with Gasteiger partial charge in [-0.3, -0.25) is 19.9 Å². The van der Waals surface area contributed by atoms with Gasteiger partial charge in [0.05, 0.1) is 11.1 Å². The SMILES string of the molecule is [C-]#[N+]C(N)c1csc(C(=O)c2cn(C(=O)OC(C)(C)C)c3ccccc23)n1. The first kappa shape index (κ1) is 18.8. The van der Waals surface area contributed by atoms with Gasteiger partial charge in [-0.15, -0.1) is 11.3 Å². The lowest BCUT2D eigenvalue weighted by Crippen LogP contribution is -2.26. The van der Waals surface area contributed by atoms with Crippen LogP contribution in [-0.2, 0) is 4.74 Å². The third-order valence-corrected chi connectivity index (χ3v) is 4.56. The second-order valence-corrected chi connectivity index (χ2v) is 7.75. The van der Waals surface area contributed by atoms with Crippen molar-refractivity contribution >= 4 is 34.1 Å². The Kier molecular flexibility index (Phi) is 4.83. The summed E-state index contributed by atoms with van der Waals surface area (Å²) in [6.07, 6.45) is 0.00947. The Labute approximate surface area is 160 Å². The summed E-state index contributed by atoms with van der Waals surface area (Å²) in [6, 6.07) is 7.09. The van der Waals surface area contributed by atoms with E-state index in [1.165, 1.54) is 10.8 Å². The van der Waals surface area contributed by atoms with Crippen LogP contribution in [0, 0.1) is 6.57 Å². The molecule has 27 heavy (non-hydrogen) atoms. The first-order valence-electron chi connectivity index (χ1n) is 8.17. The number of ketones is 1. The normalized spacial score (nSPS) is 12.6. The number of nitrogens with two attached hydrogens (primary N) is 1. The largest absolute Gasteiger partial charge is 0.443 e. The van der Waals surface area contributed by atoms with Gasteiger partial charge in [0.2, 0.25) is 5.78 Å². The summed E-state index contributed by atoms with van der Waals surface area (Å²) < 4.78 is 6.76. The maximum Gasteiger partial charge on any atom is 0.419 e. The number of nitrogens with zero attached hydrogens (tertiary/aromatic N) is 3. The van der Waals surface area contributed by atoms with Gasteiger partial charge >= 0.3 is 12.3 Å². The number of ether oxygens (including phenoxy) is 1. The smallest absolute Gasteiger partial charge is 0.419 e. The minimum atomic E-state index is -0.897. The molecular weight excluding hydrogens is 364 g/mol. The van der Waals surface area contributed by atoms with Crippen molar-refractivity contribution in [2.24, 2.45) is 5.73 Å². The molecule has 0 amide bonds. The number of para-hydroxylation sites is 1. The van der Waals surface area contributed by atoms with Crippen LogP contribution in [0.25, 0.3) is 15.7 Å². The third-order valence-electron chi connectivity index (χ3n) is 3.71. The highest BCUT2D eigenvalue weighted by atomic mass is 32.1. The van der Waals surface area contributed by atoms with Crippen LogP contribution in [0.5, 0.6) is 0 Å². The fraction of sp³-hybridized carbons (Fsp3) is 0.263. The summed E-state index contributed by atoms with van der Waals surface area (Å²) in [7, 11) is 0. The van der Waals surface area contributed by atoms with E-state index in [4.69, 9.17) is 17.0 Å². The molecule has 1 atom stereocenters. The van der Waals surface area contributed by atoms with E-state index in [1.807, 2.05) is 0 Å². The molecule has 3 aromatic rings. The van der Waals surface area contributed by atoms with Crippen molar-refractivity contribution in [2.75, 3.05) is 0 Å². The molecule has 138 valence electrons. The predicted octanol–water partition coefficient (Wildman–Crippen LogP) is 3.99. The van der Waals surface area contributed by atoms with E-state index in [9.17, 15) is 9.59 Å². The lowest BCUT2D eigenvalue weighted by molar-refractivity contribution is 0.0544. The number of carbonyl (C=O) groups excluding carboxylic acids is 2. The Morgan fingerprint density at radius 2 is 2.04 bits per heavy atom. The van der Waals surface area contributed by atoms with Crippen molar-refractivity contribution in [3.8, 4) is 0 Å². The van der Waals surface area contributed by atoms with Gasteiger partial charge in [0.1, 0.15) is 11.3 Å². The molecule has 1 aromatic carbocycles. The number of benzene rings is 1. The molecule has 2 heterocycles. The fourth-order valence-corrected chi connectivity index (χ4v) is 3.33. The van der Waals surface area contributed by atoms with Crippen LogP contribution in [0.3, 0.4) is 0 Å². The number of aromatic nitrogens is 2. The molecule has 3 rings (SSSR count). The molecule has 0 aliphatic carbocycles. The first-order valence-corrected chi connectivity index (χ1v) is 9.05. The minimum absolute atomic E-state index is 0.219. The molecule has 7 nitrogen and oxygen atoms in total. The van der Waals surface area contributed by atoms with E-state index < -0.39 is 17.9 Å². The van der Waals surface area contributed by atoms with Crippen LogP contribution in [-0.4, -0.2) is 27.0 Å². The van der Waals surface area contributed by atoms with E-state index in [-0.39, 0.29) is 10.8 Å². The number of hydrogen-bond acceptors (Lipinski definition) is 6. The van der Waals surface area contributed by atoms with Gasteiger partial charge < -0.3 is 4.74 Å². The Morgan fingerprint density at radius 1 is 1.33 bits per heavy atom. The average Bonchev–Trinajstić information content (AvgIpc) is 3.24. The summed E-state index contributed by atoms with van der Waals surface area (Å²) in [5, 5.41) is 2.44. The number of fused-ring (bicyclic) bond motifs is 1. The van der Waals surface area contributed by atoms with Crippen molar-refractivity contribution in [1.82, 2.24) is 9.55 Å². The highest BCUT2D eigenvalue weighted by Crippen LogP contribution is 2.27.